The van der Waals surface area contributed by atoms with Crippen molar-refractivity contribution in [3.8, 4) is 0 Å². The molecule has 2 heteroatoms. The van der Waals surface area contributed by atoms with Gasteiger partial charge >= 0.3 is 0 Å². The predicted molar refractivity (Wildman–Crippen MR) is 50.5 cm³/mol. The molecule has 2 nitrogen and oxygen atoms in total. The number of ether oxygens (including phenoxy) is 1. The Labute approximate surface area is 79.7 Å². The van der Waals surface area contributed by atoms with Gasteiger partial charge < -0.3 is 4.74 Å². The third kappa shape index (κ3) is 2.53. The number of Topliss-reactive ketones (excluding diaryl/α,β-unsaturated/α-hetero) is 1. The molecule has 0 N–H and O–H groups in total. The summed E-state index contributed by atoms with van der Waals surface area (Å²) in [5.41, 5.74) is 0. The summed E-state index contributed by atoms with van der Waals surface area (Å²) >= 11 is 0. The zero-order valence-electron chi connectivity index (χ0n) is 8.29. The average molecular weight is 182 g/mol. The number of carbonyl (C=O) groups is 1. The van der Waals surface area contributed by atoms with E-state index in [0.29, 0.717) is 18.5 Å². The maximum atomic E-state index is 11.6. The topological polar surface area (TPSA) is 26.3 Å². The first kappa shape index (κ1) is 9.20. The molecule has 2 atom stereocenters. The molecule has 13 heavy (non-hydrogen) atoms. The number of carbonyl (C=O) groups excluding carboxylic acids is 1. The molecule has 1 saturated carbocycles. The van der Waals surface area contributed by atoms with Crippen molar-refractivity contribution in [3.63, 3.8) is 0 Å². The Balaban J connectivity index is 1.69. The van der Waals surface area contributed by atoms with E-state index in [-0.39, 0.29) is 5.92 Å². The second kappa shape index (κ2) is 3.79. The summed E-state index contributed by atoms with van der Waals surface area (Å²) in [6, 6.07) is 0. The minimum absolute atomic E-state index is 0.216. The smallest absolute Gasteiger partial charge is 0.138 e. The number of ketones is 1. The van der Waals surface area contributed by atoms with E-state index < -0.39 is 0 Å². The lowest BCUT2D eigenvalue weighted by Gasteiger charge is -2.05. The summed E-state index contributed by atoms with van der Waals surface area (Å²) in [7, 11) is 0. The zero-order valence-corrected chi connectivity index (χ0v) is 8.29. The molecule has 2 unspecified atom stereocenters. The lowest BCUT2D eigenvalue weighted by atomic mass is 9.97. The molecule has 0 amide bonds. The minimum Gasteiger partial charge on any atom is -0.378 e. The highest BCUT2D eigenvalue weighted by Crippen LogP contribution is 2.34. The summed E-state index contributed by atoms with van der Waals surface area (Å²) in [5.74, 6) is 1.54. The van der Waals surface area contributed by atoms with E-state index in [4.69, 9.17) is 4.74 Å². The molecule has 0 aromatic heterocycles. The van der Waals surface area contributed by atoms with Crippen LogP contribution in [0.25, 0.3) is 0 Å². The maximum absolute atomic E-state index is 11.6. The molecule has 1 aliphatic carbocycles. The van der Waals surface area contributed by atoms with Crippen LogP contribution in [0.4, 0.5) is 0 Å². The van der Waals surface area contributed by atoms with Gasteiger partial charge in [-0.3, -0.25) is 4.79 Å². The van der Waals surface area contributed by atoms with E-state index in [1.54, 1.807) is 0 Å². The van der Waals surface area contributed by atoms with Crippen molar-refractivity contribution < 1.29 is 9.53 Å². The van der Waals surface area contributed by atoms with Gasteiger partial charge in [0, 0.05) is 12.3 Å². The average Bonchev–Trinajstić information content (AvgIpc) is 2.84. The first-order chi connectivity index (χ1) is 6.25. The highest BCUT2D eigenvalue weighted by atomic mass is 16.5. The van der Waals surface area contributed by atoms with E-state index in [9.17, 15) is 4.79 Å². The molecule has 0 bridgehead atoms. The fourth-order valence-electron chi connectivity index (χ4n) is 2.00. The van der Waals surface area contributed by atoms with Gasteiger partial charge in [-0.05, 0) is 25.7 Å². The lowest BCUT2D eigenvalue weighted by Crippen LogP contribution is -2.14. The van der Waals surface area contributed by atoms with Gasteiger partial charge in [-0.25, -0.2) is 0 Å². The molecule has 1 heterocycles. The van der Waals surface area contributed by atoms with Crippen molar-refractivity contribution in [2.75, 3.05) is 6.61 Å². The maximum Gasteiger partial charge on any atom is 0.138 e. The van der Waals surface area contributed by atoms with Crippen LogP contribution in [0, 0.1) is 11.8 Å². The van der Waals surface area contributed by atoms with Gasteiger partial charge in [0.15, 0.2) is 0 Å². The van der Waals surface area contributed by atoms with Gasteiger partial charge in [0.2, 0.25) is 0 Å². The highest BCUT2D eigenvalue weighted by molar-refractivity contribution is 5.81. The van der Waals surface area contributed by atoms with Crippen molar-refractivity contribution in [2.24, 2.45) is 11.8 Å². The summed E-state index contributed by atoms with van der Waals surface area (Å²) in [5, 5.41) is 0. The summed E-state index contributed by atoms with van der Waals surface area (Å²) in [6.45, 7) is 2.72. The minimum atomic E-state index is 0.216. The van der Waals surface area contributed by atoms with Crippen molar-refractivity contribution >= 4 is 5.78 Å². The Hall–Kier alpha value is -0.370. The highest BCUT2D eigenvalue weighted by Gasteiger charge is 2.29. The first-order valence-corrected chi connectivity index (χ1v) is 5.40. The van der Waals surface area contributed by atoms with E-state index >= 15 is 0 Å². The van der Waals surface area contributed by atoms with Gasteiger partial charge in [-0.2, -0.15) is 0 Å². The lowest BCUT2D eigenvalue weighted by molar-refractivity contribution is -0.123. The molecule has 2 rings (SSSR count). The largest absolute Gasteiger partial charge is 0.378 e. The first-order valence-electron chi connectivity index (χ1n) is 5.40. The Morgan fingerprint density at radius 3 is 2.77 bits per heavy atom. The Morgan fingerprint density at radius 2 is 2.23 bits per heavy atom. The molecular weight excluding hydrogens is 164 g/mol. The second-order valence-electron chi connectivity index (χ2n) is 4.52. The number of hydrogen-bond acceptors (Lipinski definition) is 2. The quantitative estimate of drug-likeness (QED) is 0.666. The summed E-state index contributed by atoms with van der Waals surface area (Å²) in [6.07, 6.45) is 5.88. The molecule has 1 aliphatic heterocycles. The fourth-order valence-corrected chi connectivity index (χ4v) is 2.00. The van der Waals surface area contributed by atoms with Crippen LogP contribution in [0.15, 0.2) is 0 Å². The summed E-state index contributed by atoms with van der Waals surface area (Å²) < 4.78 is 5.39. The van der Waals surface area contributed by atoms with Gasteiger partial charge in [-0.1, -0.05) is 12.8 Å². The molecule has 2 aliphatic rings. The monoisotopic (exact) mass is 182 g/mol. The van der Waals surface area contributed by atoms with E-state index in [2.05, 4.69) is 0 Å². The van der Waals surface area contributed by atoms with Crippen LogP contribution >= 0.6 is 0 Å². The molecular formula is C11H18O2. The third-order valence-corrected chi connectivity index (χ3v) is 3.15. The van der Waals surface area contributed by atoms with Crippen molar-refractivity contribution in [1.82, 2.24) is 0 Å². The Kier molecular flexibility index (Phi) is 2.68. The van der Waals surface area contributed by atoms with Crippen LogP contribution < -0.4 is 0 Å². The molecule has 2 fully saturated rings. The van der Waals surface area contributed by atoms with Crippen LogP contribution in [-0.4, -0.2) is 18.5 Å². The molecule has 0 radical (unpaired) electrons. The molecule has 0 aromatic carbocycles. The van der Waals surface area contributed by atoms with Gasteiger partial charge in [0.05, 0.1) is 12.7 Å². The standard InChI is InChI=1S/C11H18O2/c1-8-6-10(7-13-8)11(12)5-4-9-2-3-9/h8-10H,2-7H2,1H3. The van der Waals surface area contributed by atoms with Crippen LogP contribution in [0.5, 0.6) is 0 Å². The van der Waals surface area contributed by atoms with Crippen LogP contribution in [0.3, 0.4) is 0 Å². The van der Waals surface area contributed by atoms with Crippen LogP contribution in [0.2, 0.25) is 0 Å². The van der Waals surface area contributed by atoms with Gasteiger partial charge in [-0.15, -0.1) is 0 Å². The van der Waals surface area contributed by atoms with E-state index in [1.165, 1.54) is 12.8 Å². The molecule has 0 aromatic rings. The van der Waals surface area contributed by atoms with Crippen LogP contribution in [-0.2, 0) is 9.53 Å². The van der Waals surface area contributed by atoms with E-state index in [0.717, 1.165) is 25.2 Å². The number of rotatable bonds is 4. The normalized spacial score (nSPS) is 33.6. The third-order valence-electron chi connectivity index (χ3n) is 3.15. The van der Waals surface area contributed by atoms with Crippen molar-refractivity contribution in [3.05, 3.63) is 0 Å². The Morgan fingerprint density at radius 1 is 1.46 bits per heavy atom. The second-order valence-corrected chi connectivity index (χ2v) is 4.52. The van der Waals surface area contributed by atoms with Crippen LogP contribution in [0.1, 0.15) is 39.0 Å². The number of hydrogen-bond donors (Lipinski definition) is 0. The van der Waals surface area contributed by atoms with Gasteiger partial charge in [0.1, 0.15) is 5.78 Å². The SMILES string of the molecule is CC1CC(C(=O)CCC2CC2)CO1. The molecule has 1 saturated heterocycles. The molecule has 0 spiro atoms. The van der Waals surface area contributed by atoms with Crippen molar-refractivity contribution in [2.45, 2.75) is 45.1 Å². The Bertz CT molecular complexity index is 196. The van der Waals surface area contributed by atoms with E-state index in [1.807, 2.05) is 6.92 Å². The molecule has 74 valence electrons. The van der Waals surface area contributed by atoms with Crippen molar-refractivity contribution in [1.29, 1.82) is 0 Å². The summed E-state index contributed by atoms with van der Waals surface area (Å²) in [4.78, 5) is 11.6. The van der Waals surface area contributed by atoms with Gasteiger partial charge in [0.25, 0.3) is 0 Å². The zero-order chi connectivity index (χ0) is 9.26. The fraction of sp³-hybridized carbons (Fsp3) is 0.909. The predicted octanol–water partition coefficient (Wildman–Crippen LogP) is 2.17.